The molecule has 0 fully saturated rings. The van der Waals surface area contributed by atoms with Crippen LogP contribution in [0.25, 0.3) is 0 Å². The van der Waals surface area contributed by atoms with Gasteiger partial charge in [-0.3, -0.25) is 4.79 Å². The Morgan fingerprint density at radius 1 is 0.792 bits per heavy atom. The topological polar surface area (TPSA) is 38.3 Å². The monoisotopic (exact) mass is 317 g/mol. The van der Waals surface area contributed by atoms with Gasteiger partial charge in [-0.05, 0) is 35.4 Å². The molecule has 3 aromatic rings. The Kier molecular flexibility index (Phi) is 4.92. The van der Waals surface area contributed by atoms with Gasteiger partial charge < -0.3 is 10.1 Å². The van der Waals surface area contributed by atoms with E-state index in [1.807, 2.05) is 84.9 Å². The minimum Gasteiger partial charge on any atom is -0.497 e. The minimum absolute atomic E-state index is 0.0578. The molecule has 0 saturated carbocycles. The highest BCUT2D eigenvalue weighted by atomic mass is 16.5. The van der Waals surface area contributed by atoms with Crippen LogP contribution in [0.5, 0.6) is 5.75 Å². The van der Waals surface area contributed by atoms with Crippen molar-refractivity contribution >= 4 is 11.6 Å². The molecule has 0 atom stereocenters. The largest absolute Gasteiger partial charge is 0.497 e. The van der Waals surface area contributed by atoms with Gasteiger partial charge in [0, 0.05) is 5.69 Å². The van der Waals surface area contributed by atoms with Gasteiger partial charge in [-0.2, -0.15) is 0 Å². The summed E-state index contributed by atoms with van der Waals surface area (Å²) in [5.74, 6) is 0.350. The number of carbonyl (C=O) groups excluding carboxylic acids is 1. The fourth-order valence-electron chi connectivity index (χ4n) is 2.67. The molecule has 24 heavy (non-hydrogen) atoms. The Hall–Kier alpha value is -3.07. The van der Waals surface area contributed by atoms with Crippen LogP contribution in [0.1, 0.15) is 17.0 Å². The first-order chi connectivity index (χ1) is 11.8. The molecule has 3 heteroatoms. The van der Waals surface area contributed by atoms with Gasteiger partial charge in [0.25, 0.3) is 0 Å². The number of methoxy groups -OCH3 is 1. The fraction of sp³-hybridized carbons (Fsp3) is 0.0952. The molecule has 0 bridgehead atoms. The van der Waals surface area contributed by atoms with E-state index >= 15 is 0 Å². The SMILES string of the molecule is COc1ccc(NC(=O)C(c2ccccc2)c2ccccc2)cc1. The van der Waals surface area contributed by atoms with Crippen molar-refractivity contribution in [2.24, 2.45) is 0 Å². The van der Waals surface area contributed by atoms with Gasteiger partial charge in [0.2, 0.25) is 5.91 Å². The summed E-state index contributed by atoms with van der Waals surface area (Å²) in [5.41, 5.74) is 2.68. The Labute approximate surface area is 141 Å². The molecule has 3 nitrogen and oxygen atoms in total. The number of hydrogen-bond acceptors (Lipinski definition) is 2. The van der Waals surface area contributed by atoms with Crippen molar-refractivity contribution in [1.82, 2.24) is 0 Å². The van der Waals surface area contributed by atoms with Crippen LogP contribution < -0.4 is 10.1 Å². The Morgan fingerprint density at radius 2 is 1.29 bits per heavy atom. The van der Waals surface area contributed by atoms with Gasteiger partial charge in [-0.1, -0.05) is 60.7 Å². The van der Waals surface area contributed by atoms with E-state index in [4.69, 9.17) is 4.74 Å². The molecule has 0 aliphatic heterocycles. The molecule has 0 aliphatic rings. The van der Waals surface area contributed by atoms with E-state index in [-0.39, 0.29) is 11.8 Å². The molecule has 120 valence electrons. The second-order valence-electron chi connectivity index (χ2n) is 5.47. The van der Waals surface area contributed by atoms with Crippen LogP contribution in [0.3, 0.4) is 0 Å². The lowest BCUT2D eigenvalue weighted by Crippen LogP contribution is -2.22. The highest BCUT2D eigenvalue weighted by Gasteiger charge is 2.22. The van der Waals surface area contributed by atoms with Crippen molar-refractivity contribution in [3.8, 4) is 5.75 Å². The number of hydrogen-bond donors (Lipinski definition) is 1. The van der Waals surface area contributed by atoms with Crippen molar-refractivity contribution in [3.05, 3.63) is 96.1 Å². The molecule has 0 heterocycles. The normalized spacial score (nSPS) is 10.4. The molecule has 0 aliphatic carbocycles. The third kappa shape index (κ3) is 3.63. The van der Waals surface area contributed by atoms with Gasteiger partial charge >= 0.3 is 0 Å². The number of amides is 1. The lowest BCUT2D eigenvalue weighted by Gasteiger charge is -2.18. The summed E-state index contributed by atoms with van der Waals surface area (Å²) in [6, 6.07) is 26.9. The standard InChI is InChI=1S/C21H19NO2/c1-24-19-14-12-18(13-15-19)22-21(23)20(16-8-4-2-5-9-16)17-10-6-3-7-11-17/h2-15,20H,1H3,(H,22,23). The van der Waals surface area contributed by atoms with E-state index in [2.05, 4.69) is 5.32 Å². The molecule has 0 spiro atoms. The van der Waals surface area contributed by atoms with Gasteiger partial charge in [-0.25, -0.2) is 0 Å². The summed E-state index contributed by atoms with van der Waals surface area (Å²) in [6.45, 7) is 0. The minimum atomic E-state index is -0.352. The zero-order valence-electron chi connectivity index (χ0n) is 13.5. The van der Waals surface area contributed by atoms with Crippen LogP contribution in [0.15, 0.2) is 84.9 Å². The maximum Gasteiger partial charge on any atom is 0.236 e. The molecule has 0 aromatic heterocycles. The molecule has 0 saturated heterocycles. The van der Waals surface area contributed by atoms with Crippen molar-refractivity contribution in [3.63, 3.8) is 0 Å². The van der Waals surface area contributed by atoms with Crippen LogP contribution in [0.2, 0.25) is 0 Å². The van der Waals surface area contributed by atoms with Crippen molar-refractivity contribution in [1.29, 1.82) is 0 Å². The van der Waals surface area contributed by atoms with Crippen LogP contribution >= 0.6 is 0 Å². The fourth-order valence-corrected chi connectivity index (χ4v) is 2.67. The first kappa shape index (κ1) is 15.8. The first-order valence-electron chi connectivity index (χ1n) is 7.83. The molecule has 1 N–H and O–H groups in total. The zero-order chi connectivity index (χ0) is 16.8. The summed E-state index contributed by atoms with van der Waals surface area (Å²) in [7, 11) is 1.62. The number of nitrogens with one attached hydrogen (secondary N) is 1. The number of ether oxygens (including phenoxy) is 1. The van der Waals surface area contributed by atoms with E-state index < -0.39 is 0 Å². The number of anilines is 1. The Bertz CT molecular complexity index is 744. The number of carbonyl (C=O) groups is 1. The third-order valence-corrected chi connectivity index (χ3v) is 3.89. The zero-order valence-corrected chi connectivity index (χ0v) is 13.5. The molecular formula is C21H19NO2. The predicted molar refractivity (Wildman–Crippen MR) is 96.4 cm³/mol. The average Bonchev–Trinajstić information content (AvgIpc) is 2.64. The highest BCUT2D eigenvalue weighted by Crippen LogP contribution is 2.26. The third-order valence-electron chi connectivity index (χ3n) is 3.89. The number of benzene rings is 3. The molecule has 3 aromatic carbocycles. The second kappa shape index (κ2) is 7.47. The van der Waals surface area contributed by atoms with E-state index in [1.165, 1.54) is 0 Å². The molecule has 0 radical (unpaired) electrons. The van der Waals surface area contributed by atoms with Crippen LogP contribution in [0, 0.1) is 0 Å². The summed E-state index contributed by atoms with van der Waals surface area (Å²) < 4.78 is 5.15. The van der Waals surface area contributed by atoms with Crippen LogP contribution in [-0.2, 0) is 4.79 Å². The smallest absolute Gasteiger partial charge is 0.236 e. The van der Waals surface area contributed by atoms with Gasteiger partial charge in [0.05, 0.1) is 13.0 Å². The van der Waals surface area contributed by atoms with E-state index in [0.29, 0.717) is 0 Å². The van der Waals surface area contributed by atoms with Crippen molar-refractivity contribution in [2.45, 2.75) is 5.92 Å². The maximum absolute atomic E-state index is 12.9. The summed E-state index contributed by atoms with van der Waals surface area (Å²) in [4.78, 5) is 12.9. The van der Waals surface area contributed by atoms with Crippen LogP contribution in [-0.4, -0.2) is 13.0 Å². The van der Waals surface area contributed by atoms with Crippen molar-refractivity contribution in [2.75, 3.05) is 12.4 Å². The highest BCUT2D eigenvalue weighted by molar-refractivity contribution is 5.98. The molecular weight excluding hydrogens is 298 g/mol. The quantitative estimate of drug-likeness (QED) is 0.754. The second-order valence-corrected chi connectivity index (χ2v) is 5.47. The van der Waals surface area contributed by atoms with Gasteiger partial charge in [0.1, 0.15) is 5.75 Å². The first-order valence-corrected chi connectivity index (χ1v) is 7.83. The van der Waals surface area contributed by atoms with E-state index in [0.717, 1.165) is 22.6 Å². The summed E-state index contributed by atoms with van der Waals surface area (Å²) >= 11 is 0. The predicted octanol–water partition coefficient (Wildman–Crippen LogP) is 4.47. The van der Waals surface area contributed by atoms with E-state index in [9.17, 15) is 4.79 Å². The van der Waals surface area contributed by atoms with E-state index in [1.54, 1.807) is 7.11 Å². The molecule has 1 amide bonds. The van der Waals surface area contributed by atoms with Gasteiger partial charge in [0.15, 0.2) is 0 Å². The number of rotatable bonds is 5. The Morgan fingerprint density at radius 3 is 1.75 bits per heavy atom. The summed E-state index contributed by atoms with van der Waals surface area (Å²) in [6.07, 6.45) is 0. The van der Waals surface area contributed by atoms with Crippen LogP contribution in [0.4, 0.5) is 5.69 Å². The molecule has 3 rings (SSSR count). The average molecular weight is 317 g/mol. The lowest BCUT2D eigenvalue weighted by atomic mass is 9.90. The van der Waals surface area contributed by atoms with Gasteiger partial charge in [-0.15, -0.1) is 0 Å². The Balaban J connectivity index is 1.89. The van der Waals surface area contributed by atoms with Crippen molar-refractivity contribution < 1.29 is 9.53 Å². The summed E-state index contributed by atoms with van der Waals surface area (Å²) in [5, 5.41) is 3.00. The maximum atomic E-state index is 12.9. The molecule has 0 unspecified atom stereocenters. The lowest BCUT2D eigenvalue weighted by molar-refractivity contribution is -0.116.